The first-order valence-electron chi connectivity index (χ1n) is 9.65. The molecule has 3 rings (SSSR count). The number of methoxy groups -OCH3 is 1. The molecule has 32 heavy (non-hydrogen) atoms. The molecule has 3 aromatic rings. The lowest BCUT2D eigenvalue weighted by atomic mass is 10.0. The Hall–Kier alpha value is -4.21. The number of carbonyl (C=O) groups is 2. The van der Waals surface area contributed by atoms with Gasteiger partial charge in [-0.1, -0.05) is 12.1 Å². The summed E-state index contributed by atoms with van der Waals surface area (Å²) in [5, 5.41) is 13.9. The quantitative estimate of drug-likeness (QED) is 0.244. The standard InChI is InChI=1S/C22H20N2O8/c1-3-31-20(25)12-18(13-4-7-16(30-2)8-5-13)23-21(26)17-11-14-10-15(24(28)29)6-9-19(14)32-22(17)27/h4-11,18H,3,12H2,1-2H3,(H,23,26). The highest BCUT2D eigenvalue weighted by atomic mass is 16.6. The van der Waals surface area contributed by atoms with Gasteiger partial charge in [0.25, 0.3) is 11.6 Å². The summed E-state index contributed by atoms with van der Waals surface area (Å²) in [5.74, 6) is -0.737. The van der Waals surface area contributed by atoms with E-state index in [-0.39, 0.29) is 35.2 Å². The highest BCUT2D eigenvalue weighted by Gasteiger charge is 2.23. The molecule has 0 aliphatic heterocycles. The number of carbonyl (C=O) groups excluding carboxylic acids is 2. The summed E-state index contributed by atoms with van der Waals surface area (Å²) in [5.41, 5.74) is -0.770. The highest BCUT2D eigenvalue weighted by molar-refractivity contribution is 5.97. The number of benzene rings is 2. The number of non-ortho nitro benzene ring substituents is 1. The summed E-state index contributed by atoms with van der Waals surface area (Å²) in [4.78, 5) is 47.7. The van der Waals surface area contributed by atoms with Crippen LogP contribution in [0.25, 0.3) is 11.0 Å². The van der Waals surface area contributed by atoms with Gasteiger partial charge < -0.3 is 19.2 Å². The van der Waals surface area contributed by atoms with Crippen LogP contribution in [0.1, 0.15) is 35.3 Å². The zero-order chi connectivity index (χ0) is 23.3. The Morgan fingerprint density at radius 1 is 1.16 bits per heavy atom. The lowest BCUT2D eigenvalue weighted by Gasteiger charge is -2.18. The molecular weight excluding hydrogens is 420 g/mol. The molecule has 10 nitrogen and oxygen atoms in total. The van der Waals surface area contributed by atoms with Crippen molar-refractivity contribution < 1.29 is 28.4 Å². The van der Waals surface area contributed by atoms with E-state index in [0.717, 1.165) is 0 Å². The Labute approximate surface area is 181 Å². The smallest absolute Gasteiger partial charge is 0.349 e. The number of nitro benzene ring substituents is 1. The third-order valence-corrected chi connectivity index (χ3v) is 4.67. The fourth-order valence-electron chi connectivity index (χ4n) is 3.09. The number of rotatable bonds is 8. The molecule has 1 heterocycles. The Bertz CT molecular complexity index is 1220. The van der Waals surface area contributed by atoms with Crippen LogP contribution in [0.2, 0.25) is 0 Å². The summed E-state index contributed by atoms with van der Waals surface area (Å²) in [6.45, 7) is 1.84. The van der Waals surface area contributed by atoms with Crippen molar-refractivity contribution in [2.75, 3.05) is 13.7 Å². The third kappa shape index (κ3) is 5.09. The van der Waals surface area contributed by atoms with Gasteiger partial charge in [0.1, 0.15) is 16.9 Å². The lowest BCUT2D eigenvalue weighted by molar-refractivity contribution is -0.384. The molecule has 1 amide bonds. The van der Waals surface area contributed by atoms with E-state index >= 15 is 0 Å². The zero-order valence-electron chi connectivity index (χ0n) is 17.3. The zero-order valence-corrected chi connectivity index (χ0v) is 17.3. The van der Waals surface area contributed by atoms with Crippen LogP contribution in [0, 0.1) is 10.1 Å². The molecular formula is C22H20N2O8. The molecule has 10 heteroatoms. The molecule has 1 aromatic heterocycles. The first-order valence-corrected chi connectivity index (χ1v) is 9.65. The van der Waals surface area contributed by atoms with Crippen molar-refractivity contribution in [1.29, 1.82) is 0 Å². The predicted molar refractivity (Wildman–Crippen MR) is 114 cm³/mol. The van der Waals surface area contributed by atoms with Crippen LogP contribution in [0.15, 0.2) is 57.7 Å². The second-order valence-corrected chi connectivity index (χ2v) is 6.74. The summed E-state index contributed by atoms with van der Waals surface area (Å²) in [7, 11) is 1.51. The first-order chi connectivity index (χ1) is 15.3. The van der Waals surface area contributed by atoms with E-state index in [9.17, 15) is 24.5 Å². The average Bonchev–Trinajstić information content (AvgIpc) is 2.78. The van der Waals surface area contributed by atoms with Gasteiger partial charge in [-0.3, -0.25) is 19.7 Å². The van der Waals surface area contributed by atoms with Crippen molar-refractivity contribution in [3.8, 4) is 5.75 Å². The highest BCUT2D eigenvalue weighted by Crippen LogP contribution is 2.23. The summed E-state index contributed by atoms with van der Waals surface area (Å²) >= 11 is 0. The van der Waals surface area contributed by atoms with Gasteiger partial charge in [0, 0.05) is 17.5 Å². The number of amides is 1. The van der Waals surface area contributed by atoms with Gasteiger partial charge in [0.05, 0.1) is 31.1 Å². The Balaban J connectivity index is 1.94. The topological polar surface area (TPSA) is 138 Å². The van der Waals surface area contributed by atoms with Crippen LogP contribution in [-0.4, -0.2) is 30.5 Å². The SMILES string of the molecule is CCOC(=O)CC(NC(=O)c1cc2cc([N+](=O)[O-])ccc2oc1=O)c1ccc(OC)cc1. The maximum Gasteiger partial charge on any atom is 0.349 e. The van der Waals surface area contributed by atoms with Crippen LogP contribution >= 0.6 is 0 Å². The van der Waals surface area contributed by atoms with E-state index in [1.165, 1.54) is 31.4 Å². The second-order valence-electron chi connectivity index (χ2n) is 6.74. The second kappa shape index (κ2) is 9.73. The molecule has 1 N–H and O–H groups in total. The average molecular weight is 440 g/mol. The van der Waals surface area contributed by atoms with Gasteiger partial charge in [-0.05, 0) is 36.8 Å². The maximum absolute atomic E-state index is 12.9. The number of hydrogen-bond donors (Lipinski definition) is 1. The maximum atomic E-state index is 12.9. The summed E-state index contributed by atoms with van der Waals surface area (Å²) in [6.07, 6.45) is -0.170. The van der Waals surface area contributed by atoms with Gasteiger partial charge >= 0.3 is 11.6 Å². The molecule has 2 aromatic carbocycles. The van der Waals surface area contributed by atoms with Crippen LogP contribution in [0.5, 0.6) is 5.75 Å². The van der Waals surface area contributed by atoms with Crippen molar-refractivity contribution in [3.63, 3.8) is 0 Å². The van der Waals surface area contributed by atoms with E-state index in [0.29, 0.717) is 11.3 Å². The number of nitro groups is 1. The largest absolute Gasteiger partial charge is 0.497 e. The van der Waals surface area contributed by atoms with E-state index < -0.39 is 28.5 Å². The van der Waals surface area contributed by atoms with Crippen LogP contribution in [0.3, 0.4) is 0 Å². The summed E-state index contributed by atoms with van der Waals surface area (Å²) < 4.78 is 15.2. The monoisotopic (exact) mass is 440 g/mol. The molecule has 0 aliphatic rings. The number of ether oxygens (including phenoxy) is 2. The Kier molecular flexibility index (Phi) is 6.83. The van der Waals surface area contributed by atoms with Gasteiger partial charge in [-0.15, -0.1) is 0 Å². The number of hydrogen-bond acceptors (Lipinski definition) is 8. The van der Waals surface area contributed by atoms with Crippen LogP contribution in [0.4, 0.5) is 5.69 Å². The lowest BCUT2D eigenvalue weighted by Crippen LogP contribution is -2.33. The fraction of sp³-hybridized carbons (Fsp3) is 0.227. The van der Waals surface area contributed by atoms with Crippen molar-refractivity contribution in [1.82, 2.24) is 5.32 Å². The van der Waals surface area contributed by atoms with E-state index in [2.05, 4.69) is 5.32 Å². The van der Waals surface area contributed by atoms with Crippen LogP contribution < -0.4 is 15.7 Å². The van der Waals surface area contributed by atoms with Crippen molar-refractivity contribution >= 4 is 28.5 Å². The molecule has 0 aliphatic carbocycles. The Morgan fingerprint density at radius 2 is 1.88 bits per heavy atom. The molecule has 0 spiro atoms. The fourth-order valence-corrected chi connectivity index (χ4v) is 3.09. The molecule has 1 unspecified atom stereocenters. The minimum absolute atomic E-state index is 0.107. The van der Waals surface area contributed by atoms with Crippen molar-refractivity contribution in [2.24, 2.45) is 0 Å². The van der Waals surface area contributed by atoms with Gasteiger partial charge in [-0.25, -0.2) is 4.79 Å². The van der Waals surface area contributed by atoms with E-state index in [4.69, 9.17) is 13.9 Å². The number of fused-ring (bicyclic) bond motifs is 1. The van der Waals surface area contributed by atoms with E-state index in [1.807, 2.05) is 0 Å². The normalized spacial score (nSPS) is 11.6. The minimum atomic E-state index is -0.909. The van der Waals surface area contributed by atoms with Crippen LogP contribution in [-0.2, 0) is 9.53 Å². The van der Waals surface area contributed by atoms with Gasteiger partial charge in [-0.2, -0.15) is 0 Å². The number of nitrogens with zero attached hydrogens (tertiary/aromatic N) is 1. The van der Waals surface area contributed by atoms with Gasteiger partial charge in [0.2, 0.25) is 0 Å². The van der Waals surface area contributed by atoms with Crippen molar-refractivity contribution in [2.45, 2.75) is 19.4 Å². The molecule has 0 bridgehead atoms. The minimum Gasteiger partial charge on any atom is -0.497 e. The van der Waals surface area contributed by atoms with E-state index in [1.54, 1.807) is 31.2 Å². The van der Waals surface area contributed by atoms with Gasteiger partial charge in [0.15, 0.2) is 0 Å². The van der Waals surface area contributed by atoms with Crippen molar-refractivity contribution in [3.05, 3.63) is 80.2 Å². The molecule has 0 radical (unpaired) electrons. The first kappa shape index (κ1) is 22.5. The predicted octanol–water partition coefficient (Wildman–Crippen LogP) is 3.13. The molecule has 166 valence electrons. The summed E-state index contributed by atoms with van der Waals surface area (Å²) in [6, 6.07) is 10.8. The Morgan fingerprint density at radius 3 is 2.50 bits per heavy atom. The number of nitrogens with one attached hydrogen (secondary N) is 1. The third-order valence-electron chi connectivity index (χ3n) is 4.67. The molecule has 0 saturated heterocycles. The number of esters is 1. The molecule has 0 fully saturated rings. The molecule has 0 saturated carbocycles. The molecule has 1 atom stereocenters.